The lowest BCUT2D eigenvalue weighted by Gasteiger charge is -2.39. The highest BCUT2D eigenvalue weighted by Gasteiger charge is 2.31. The van der Waals surface area contributed by atoms with Gasteiger partial charge in [0.15, 0.2) is 0 Å². The van der Waals surface area contributed by atoms with Crippen LogP contribution in [0.1, 0.15) is 25.0 Å². The second-order valence-electron chi connectivity index (χ2n) is 5.09. The molecular weight excluding hydrogens is 198 g/mol. The van der Waals surface area contributed by atoms with Gasteiger partial charge in [0.1, 0.15) is 5.75 Å². The van der Waals surface area contributed by atoms with Gasteiger partial charge in [0.2, 0.25) is 0 Å². The van der Waals surface area contributed by atoms with E-state index in [0.29, 0.717) is 5.41 Å². The summed E-state index contributed by atoms with van der Waals surface area (Å²) < 4.78 is 5.35. The second-order valence-corrected chi connectivity index (χ2v) is 5.09. The van der Waals surface area contributed by atoms with Crippen LogP contribution in [0.4, 0.5) is 0 Å². The fraction of sp³-hybridized carbons (Fsp3) is 0.571. The smallest absolute Gasteiger partial charge is 0.122 e. The maximum absolute atomic E-state index is 5.35. The molecule has 1 fully saturated rings. The first kappa shape index (κ1) is 11.5. The van der Waals surface area contributed by atoms with Gasteiger partial charge in [-0.05, 0) is 35.4 Å². The van der Waals surface area contributed by atoms with E-state index in [0.717, 1.165) is 31.7 Å². The van der Waals surface area contributed by atoms with Crippen LogP contribution in [-0.2, 0) is 12.8 Å². The van der Waals surface area contributed by atoms with Crippen molar-refractivity contribution in [1.29, 1.82) is 0 Å². The van der Waals surface area contributed by atoms with Gasteiger partial charge in [-0.1, -0.05) is 26.0 Å². The van der Waals surface area contributed by atoms with Crippen LogP contribution in [-0.4, -0.2) is 20.2 Å². The molecule has 0 saturated carbocycles. The van der Waals surface area contributed by atoms with Crippen LogP contribution >= 0.6 is 0 Å². The summed E-state index contributed by atoms with van der Waals surface area (Å²) in [6, 6.07) is 6.59. The maximum Gasteiger partial charge on any atom is 0.122 e. The fourth-order valence-corrected chi connectivity index (χ4v) is 2.39. The predicted octanol–water partition coefficient (Wildman–Crippen LogP) is 2.41. The van der Waals surface area contributed by atoms with Crippen molar-refractivity contribution in [1.82, 2.24) is 5.32 Å². The normalized spacial score (nSPS) is 17.9. The third-order valence-electron chi connectivity index (χ3n) is 3.46. The topological polar surface area (TPSA) is 21.3 Å². The van der Waals surface area contributed by atoms with Crippen LogP contribution in [0.2, 0.25) is 0 Å². The minimum atomic E-state index is 0.458. The van der Waals surface area contributed by atoms with E-state index in [1.54, 1.807) is 7.11 Å². The molecule has 1 aromatic rings. The van der Waals surface area contributed by atoms with Crippen molar-refractivity contribution in [3.8, 4) is 5.75 Å². The van der Waals surface area contributed by atoms with E-state index in [-0.39, 0.29) is 0 Å². The molecule has 1 aliphatic rings. The lowest BCUT2D eigenvalue weighted by Crippen LogP contribution is -2.52. The molecule has 1 aliphatic heterocycles. The van der Waals surface area contributed by atoms with Crippen molar-refractivity contribution in [3.05, 3.63) is 29.3 Å². The molecule has 1 saturated heterocycles. The first-order valence-corrected chi connectivity index (χ1v) is 6.03. The monoisotopic (exact) mass is 219 g/mol. The molecule has 2 heteroatoms. The maximum atomic E-state index is 5.35. The molecule has 0 aromatic heterocycles. The molecule has 0 atom stereocenters. The van der Waals surface area contributed by atoms with Gasteiger partial charge in [-0.2, -0.15) is 0 Å². The highest BCUT2D eigenvalue weighted by atomic mass is 16.5. The second kappa shape index (κ2) is 4.46. The summed E-state index contributed by atoms with van der Waals surface area (Å²) in [7, 11) is 1.74. The lowest BCUT2D eigenvalue weighted by atomic mass is 9.78. The van der Waals surface area contributed by atoms with Crippen LogP contribution in [0.5, 0.6) is 5.75 Å². The van der Waals surface area contributed by atoms with E-state index in [2.05, 4.69) is 37.4 Å². The Balaban J connectivity index is 2.15. The Bertz CT molecular complexity index is 369. The van der Waals surface area contributed by atoms with Crippen molar-refractivity contribution in [3.63, 3.8) is 0 Å². The van der Waals surface area contributed by atoms with Crippen LogP contribution in [0.15, 0.2) is 18.2 Å². The average molecular weight is 219 g/mol. The largest absolute Gasteiger partial charge is 0.496 e. The van der Waals surface area contributed by atoms with E-state index in [9.17, 15) is 0 Å². The van der Waals surface area contributed by atoms with Crippen LogP contribution in [0, 0.1) is 5.41 Å². The van der Waals surface area contributed by atoms with Crippen molar-refractivity contribution in [2.45, 2.75) is 26.7 Å². The lowest BCUT2D eigenvalue weighted by molar-refractivity contribution is 0.195. The van der Waals surface area contributed by atoms with E-state index in [1.165, 1.54) is 11.1 Å². The fourth-order valence-electron chi connectivity index (χ4n) is 2.39. The van der Waals surface area contributed by atoms with Gasteiger partial charge in [0, 0.05) is 13.1 Å². The molecule has 2 nitrogen and oxygen atoms in total. The average Bonchev–Trinajstić information content (AvgIpc) is 2.26. The zero-order valence-corrected chi connectivity index (χ0v) is 10.5. The molecule has 88 valence electrons. The summed E-state index contributed by atoms with van der Waals surface area (Å²) in [6.07, 6.45) is 2.20. The minimum absolute atomic E-state index is 0.458. The summed E-state index contributed by atoms with van der Waals surface area (Å²) >= 11 is 0. The Hall–Kier alpha value is -1.02. The number of ether oxygens (including phenoxy) is 1. The molecule has 1 aromatic carbocycles. The SMILES string of the molecule is CCc1cc(CC2(C)CNC2)ccc1OC. The Labute approximate surface area is 98.0 Å². The van der Waals surface area contributed by atoms with E-state index in [1.807, 2.05) is 0 Å². The van der Waals surface area contributed by atoms with Crippen LogP contribution in [0.3, 0.4) is 0 Å². The van der Waals surface area contributed by atoms with Gasteiger partial charge in [-0.3, -0.25) is 0 Å². The molecular formula is C14H21NO. The van der Waals surface area contributed by atoms with Gasteiger partial charge in [-0.25, -0.2) is 0 Å². The zero-order valence-electron chi connectivity index (χ0n) is 10.5. The number of benzene rings is 1. The molecule has 0 amide bonds. The Morgan fingerprint density at radius 3 is 2.62 bits per heavy atom. The molecule has 16 heavy (non-hydrogen) atoms. The van der Waals surface area contributed by atoms with E-state index >= 15 is 0 Å². The standard InChI is InChI=1S/C14H21NO/c1-4-12-7-11(5-6-13(12)16-3)8-14(2)9-15-10-14/h5-7,15H,4,8-10H2,1-3H3. The number of rotatable bonds is 4. The molecule has 0 bridgehead atoms. The van der Waals surface area contributed by atoms with Gasteiger partial charge < -0.3 is 10.1 Å². The number of hydrogen-bond acceptors (Lipinski definition) is 2. The van der Waals surface area contributed by atoms with Crippen LogP contribution in [0.25, 0.3) is 0 Å². The first-order chi connectivity index (χ1) is 7.67. The quantitative estimate of drug-likeness (QED) is 0.839. The summed E-state index contributed by atoms with van der Waals surface area (Å²) in [5, 5.41) is 3.35. The first-order valence-electron chi connectivity index (χ1n) is 6.03. The van der Waals surface area contributed by atoms with E-state index in [4.69, 9.17) is 4.74 Å². The summed E-state index contributed by atoms with van der Waals surface area (Å²) in [6.45, 7) is 6.80. The molecule has 0 radical (unpaired) electrons. The number of nitrogens with one attached hydrogen (secondary N) is 1. The number of aryl methyl sites for hydroxylation is 1. The van der Waals surface area contributed by atoms with Crippen molar-refractivity contribution in [2.24, 2.45) is 5.41 Å². The predicted molar refractivity (Wildman–Crippen MR) is 67.1 cm³/mol. The highest BCUT2D eigenvalue weighted by Crippen LogP contribution is 2.29. The van der Waals surface area contributed by atoms with Crippen LogP contribution < -0.4 is 10.1 Å². The Morgan fingerprint density at radius 2 is 2.12 bits per heavy atom. The summed E-state index contributed by atoms with van der Waals surface area (Å²) in [5.41, 5.74) is 3.21. The van der Waals surface area contributed by atoms with Gasteiger partial charge >= 0.3 is 0 Å². The summed E-state index contributed by atoms with van der Waals surface area (Å²) in [4.78, 5) is 0. The van der Waals surface area contributed by atoms with Crippen molar-refractivity contribution >= 4 is 0 Å². The molecule has 1 N–H and O–H groups in total. The van der Waals surface area contributed by atoms with Gasteiger partial charge in [0.25, 0.3) is 0 Å². The Kier molecular flexibility index (Phi) is 3.20. The highest BCUT2D eigenvalue weighted by molar-refractivity contribution is 5.37. The third-order valence-corrected chi connectivity index (χ3v) is 3.46. The molecule has 0 spiro atoms. The van der Waals surface area contributed by atoms with Crippen molar-refractivity contribution < 1.29 is 4.74 Å². The zero-order chi connectivity index (χ0) is 11.6. The molecule has 2 rings (SSSR count). The number of hydrogen-bond donors (Lipinski definition) is 1. The molecule has 1 heterocycles. The van der Waals surface area contributed by atoms with E-state index < -0.39 is 0 Å². The number of methoxy groups -OCH3 is 1. The minimum Gasteiger partial charge on any atom is -0.496 e. The molecule has 0 unspecified atom stereocenters. The molecule has 0 aliphatic carbocycles. The van der Waals surface area contributed by atoms with Gasteiger partial charge in [-0.15, -0.1) is 0 Å². The third kappa shape index (κ3) is 2.22. The summed E-state index contributed by atoms with van der Waals surface area (Å²) in [5.74, 6) is 1.02. The van der Waals surface area contributed by atoms with Gasteiger partial charge in [0.05, 0.1) is 7.11 Å². The van der Waals surface area contributed by atoms with Crippen molar-refractivity contribution in [2.75, 3.05) is 20.2 Å². The Morgan fingerprint density at radius 1 is 1.38 bits per heavy atom.